The van der Waals surface area contributed by atoms with Crippen LogP contribution in [0.4, 0.5) is 0 Å². The maximum absolute atomic E-state index is 11.5. The van der Waals surface area contributed by atoms with Crippen molar-refractivity contribution in [1.29, 1.82) is 0 Å². The van der Waals surface area contributed by atoms with E-state index in [2.05, 4.69) is 5.32 Å². The number of ketones is 1. The minimum absolute atomic E-state index is 0.0187. The van der Waals surface area contributed by atoms with E-state index >= 15 is 0 Å². The van der Waals surface area contributed by atoms with Crippen molar-refractivity contribution >= 4 is 23.0 Å². The van der Waals surface area contributed by atoms with Crippen LogP contribution in [0, 0.1) is 0 Å². The average Bonchev–Trinajstić information content (AvgIpc) is 2.76. The van der Waals surface area contributed by atoms with Crippen molar-refractivity contribution in [3.05, 3.63) is 22.4 Å². The molecule has 15 heavy (non-hydrogen) atoms. The summed E-state index contributed by atoms with van der Waals surface area (Å²) in [4.78, 5) is 23.4. The highest BCUT2D eigenvalue weighted by Crippen LogP contribution is 2.08. The Morgan fingerprint density at radius 2 is 2.27 bits per heavy atom. The molecular formula is C11H15NO2S. The van der Waals surface area contributed by atoms with E-state index in [-0.39, 0.29) is 18.2 Å². The molecule has 0 aliphatic rings. The van der Waals surface area contributed by atoms with Crippen molar-refractivity contribution < 1.29 is 9.59 Å². The number of carbonyl (C=O) groups is 2. The van der Waals surface area contributed by atoms with Crippen LogP contribution in [-0.2, 0) is 4.79 Å². The first kappa shape index (κ1) is 11.9. The van der Waals surface area contributed by atoms with Crippen molar-refractivity contribution in [3.8, 4) is 0 Å². The van der Waals surface area contributed by atoms with Gasteiger partial charge in [-0.15, -0.1) is 11.3 Å². The molecule has 4 heteroatoms. The molecule has 0 aliphatic heterocycles. The van der Waals surface area contributed by atoms with Crippen LogP contribution >= 0.6 is 11.3 Å². The van der Waals surface area contributed by atoms with Crippen LogP contribution in [0.1, 0.15) is 35.9 Å². The Hall–Kier alpha value is -1.16. The molecule has 1 N–H and O–H groups in total. The Balaban J connectivity index is 2.25. The number of thiophene rings is 1. The second-order valence-corrected chi connectivity index (χ2v) is 4.23. The van der Waals surface area contributed by atoms with Crippen molar-refractivity contribution in [2.24, 2.45) is 0 Å². The van der Waals surface area contributed by atoms with E-state index in [9.17, 15) is 9.59 Å². The minimum Gasteiger partial charge on any atom is -0.349 e. The molecule has 0 aliphatic carbocycles. The Morgan fingerprint density at radius 3 is 2.87 bits per heavy atom. The third kappa shape index (κ3) is 4.25. The number of carbonyl (C=O) groups excluding carboxylic acids is 2. The van der Waals surface area contributed by atoms with Gasteiger partial charge in [0.1, 0.15) is 0 Å². The highest BCUT2D eigenvalue weighted by Gasteiger charge is 2.08. The standard InChI is InChI=1S/C11H15NO2S/c1-2-3-6-11(14)12-8-9(13)10-5-4-7-15-10/h4-5,7H,2-3,6,8H2,1H3,(H,12,14). The summed E-state index contributed by atoms with van der Waals surface area (Å²) >= 11 is 1.40. The first-order valence-electron chi connectivity index (χ1n) is 5.07. The molecule has 0 fully saturated rings. The lowest BCUT2D eigenvalue weighted by molar-refractivity contribution is -0.121. The average molecular weight is 225 g/mol. The maximum Gasteiger partial charge on any atom is 0.220 e. The van der Waals surface area contributed by atoms with Crippen LogP contribution in [-0.4, -0.2) is 18.2 Å². The van der Waals surface area contributed by atoms with E-state index in [1.807, 2.05) is 18.4 Å². The molecule has 0 radical (unpaired) electrons. The summed E-state index contributed by atoms with van der Waals surface area (Å²) in [6.45, 7) is 2.15. The Labute approximate surface area is 93.5 Å². The fourth-order valence-corrected chi connectivity index (χ4v) is 1.79. The number of hydrogen-bond acceptors (Lipinski definition) is 3. The second-order valence-electron chi connectivity index (χ2n) is 3.28. The van der Waals surface area contributed by atoms with Crippen LogP contribution in [0.5, 0.6) is 0 Å². The van der Waals surface area contributed by atoms with Gasteiger partial charge in [0.15, 0.2) is 5.78 Å². The summed E-state index contributed by atoms with van der Waals surface area (Å²) < 4.78 is 0. The molecule has 1 aromatic rings. The third-order valence-corrected chi connectivity index (χ3v) is 2.91. The smallest absolute Gasteiger partial charge is 0.220 e. The number of rotatable bonds is 6. The summed E-state index contributed by atoms with van der Waals surface area (Å²) in [6, 6.07) is 3.60. The molecule has 1 amide bonds. The van der Waals surface area contributed by atoms with Gasteiger partial charge in [0.2, 0.25) is 5.91 Å². The molecule has 0 atom stereocenters. The molecule has 1 rings (SSSR count). The summed E-state index contributed by atoms with van der Waals surface area (Å²) in [5, 5.41) is 4.48. The first-order chi connectivity index (χ1) is 7.24. The highest BCUT2D eigenvalue weighted by molar-refractivity contribution is 7.12. The van der Waals surface area contributed by atoms with E-state index in [1.54, 1.807) is 6.07 Å². The van der Waals surface area contributed by atoms with Crippen LogP contribution in [0.3, 0.4) is 0 Å². The lowest BCUT2D eigenvalue weighted by atomic mass is 10.2. The lowest BCUT2D eigenvalue weighted by Crippen LogP contribution is -2.28. The predicted molar refractivity (Wildman–Crippen MR) is 61.2 cm³/mol. The summed E-state index contributed by atoms with van der Waals surface area (Å²) in [5.74, 6) is -0.0587. The molecular weight excluding hydrogens is 210 g/mol. The molecule has 1 heterocycles. The number of unbranched alkanes of at least 4 members (excludes halogenated alkanes) is 1. The van der Waals surface area contributed by atoms with Crippen molar-refractivity contribution in [2.45, 2.75) is 26.2 Å². The summed E-state index contributed by atoms with van der Waals surface area (Å²) in [7, 11) is 0. The van der Waals surface area contributed by atoms with Crippen molar-refractivity contribution in [1.82, 2.24) is 5.32 Å². The fourth-order valence-electron chi connectivity index (χ4n) is 1.13. The molecule has 0 saturated carbocycles. The third-order valence-electron chi connectivity index (χ3n) is 2.00. The topological polar surface area (TPSA) is 46.2 Å². The fraction of sp³-hybridized carbons (Fsp3) is 0.455. The molecule has 82 valence electrons. The second kappa shape index (κ2) is 6.35. The van der Waals surface area contributed by atoms with Gasteiger partial charge in [-0.2, -0.15) is 0 Å². The molecule has 0 spiro atoms. The van der Waals surface area contributed by atoms with Gasteiger partial charge in [0, 0.05) is 6.42 Å². The van der Waals surface area contributed by atoms with Crippen molar-refractivity contribution in [3.63, 3.8) is 0 Å². The van der Waals surface area contributed by atoms with E-state index in [1.165, 1.54) is 11.3 Å². The number of nitrogens with one attached hydrogen (secondary N) is 1. The van der Waals surface area contributed by atoms with Gasteiger partial charge in [-0.1, -0.05) is 19.4 Å². The van der Waals surface area contributed by atoms with Crippen molar-refractivity contribution in [2.75, 3.05) is 6.54 Å². The number of amides is 1. The number of hydrogen-bond donors (Lipinski definition) is 1. The normalized spacial score (nSPS) is 9.93. The van der Waals surface area contributed by atoms with Gasteiger partial charge < -0.3 is 5.32 Å². The number of Topliss-reactive ketones (excluding diaryl/α,β-unsaturated/α-hetero) is 1. The molecule has 0 aromatic carbocycles. The lowest BCUT2D eigenvalue weighted by Gasteiger charge is -2.02. The molecule has 0 bridgehead atoms. The molecule has 3 nitrogen and oxygen atoms in total. The monoisotopic (exact) mass is 225 g/mol. The minimum atomic E-state index is -0.0400. The van der Waals surface area contributed by atoms with E-state index in [0.29, 0.717) is 11.3 Å². The highest BCUT2D eigenvalue weighted by atomic mass is 32.1. The zero-order valence-corrected chi connectivity index (χ0v) is 9.60. The maximum atomic E-state index is 11.5. The van der Waals surface area contributed by atoms with E-state index in [0.717, 1.165) is 12.8 Å². The summed E-state index contributed by atoms with van der Waals surface area (Å²) in [6.07, 6.45) is 2.37. The zero-order chi connectivity index (χ0) is 11.1. The van der Waals surface area contributed by atoms with E-state index in [4.69, 9.17) is 0 Å². The van der Waals surface area contributed by atoms with E-state index < -0.39 is 0 Å². The molecule has 0 unspecified atom stereocenters. The zero-order valence-electron chi connectivity index (χ0n) is 8.79. The predicted octanol–water partition coefficient (Wildman–Crippen LogP) is 2.24. The van der Waals surface area contributed by atoms with Gasteiger partial charge in [0.05, 0.1) is 11.4 Å². The van der Waals surface area contributed by atoms with Crippen LogP contribution in [0.25, 0.3) is 0 Å². The van der Waals surface area contributed by atoms with Gasteiger partial charge in [-0.25, -0.2) is 0 Å². The molecule has 0 saturated heterocycles. The largest absolute Gasteiger partial charge is 0.349 e. The Morgan fingerprint density at radius 1 is 1.47 bits per heavy atom. The SMILES string of the molecule is CCCCC(=O)NCC(=O)c1cccs1. The van der Waals surface area contributed by atoms with Gasteiger partial charge in [-0.05, 0) is 17.9 Å². The Bertz CT molecular complexity index is 319. The van der Waals surface area contributed by atoms with Crippen LogP contribution in [0.2, 0.25) is 0 Å². The van der Waals surface area contributed by atoms with Gasteiger partial charge >= 0.3 is 0 Å². The van der Waals surface area contributed by atoms with Crippen LogP contribution < -0.4 is 5.32 Å². The van der Waals surface area contributed by atoms with Gasteiger partial charge in [0.25, 0.3) is 0 Å². The van der Waals surface area contributed by atoms with Gasteiger partial charge in [-0.3, -0.25) is 9.59 Å². The van der Waals surface area contributed by atoms with Crippen LogP contribution in [0.15, 0.2) is 17.5 Å². The first-order valence-corrected chi connectivity index (χ1v) is 5.95. The summed E-state index contributed by atoms with van der Waals surface area (Å²) in [5.41, 5.74) is 0. The quantitative estimate of drug-likeness (QED) is 0.755. The molecule has 1 aromatic heterocycles. The Kier molecular flexibility index (Phi) is 5.04.